The largest absolute Gasteiger partial charge is 0.494 e. The quantitative estimate of drug-likeness (QED) is 0.844. The van der Waals surface area contributed by atoms with Crippen LogP contribution in [-0.2, 0) is 13.0 Å². The fourth-order valence-electron chi connectivity index (χ4n) is 1.92. The molecule has 0 unspecified atom stereocenters. The Bertz CT molecular complexity index is 716. The van der Waals surface area contributed by atoms with Gasteiger partial charge in [-0.25, -0.2) is 4.79 Å². The predicted octanol–water partition coefficient (Wildman–Crippen LogP) is 0.556. The molecule has 6 nitrogen and oxygen atoms in total. The molecule has 2 N–H and O–H groups in total. The molecule has 0 aliphatic heterocycles. The summed E-state index contributed by atoms with van der Waals surface area (Å²) >= 11 is 0. The molecular formula is C13H15N3O3. The normalized spacial score (nSPS) is 10.6. The molecule has 2 aromatic rings. The zero-order valence-electron chi connectivity index (χ0n) is 10.8. The fourth-order valence-corrected chi connectivity index (χ4v) is 1.92. The Morgan fingerprint density at radius 2 is 2.11 bits per heavy atom. The van der Waals surface area contributed by atoms with Crippen molar-refractivity contribution >= 4 is 0 Å². The second-order valence-corrected chi connectivity index (χ2v) is 4.27. The van der Waals surface area contributed by atoms with E-state index < -0.39 is 11.2 Å². The van der Waals surface area contributed by atoms with Gasteiger partial charge in [0.05, 0.1) is 17.8 Å². The molecule has 0 aliphatic carbocycles. The Labute approximate surface area is 109 Å². The minimum atomic E-state index is -0.636. The van der Waals surface area contributed by atoms with E-state index in [9.17, 15) is 14.7 Å². The highest BCUT2D eigenvalue weighted by molar-refractivity contribution is 5.23. The smallest absolute Gasteiger partial charge is 0.331 e. The van der Waals surface area contributed by atoms with Gasteiger partial charge in [0, 0.05) is 5.69 Å². The van der Waals surface area contributed by atoms with E-state index in [1.54, 1.807) is 13.0 Å². The zero-order chi connectivity index (χ0) is 14.0. The van der Waals surface area contributed by atoms with Crippen LogP contribution in [0.3, 0.4) is 0 Å². The number of pyridine rings is 1. The van der Waals surface area contributed by atoms with Crippen molar-refractivity contribution in [3.8, 4) is 5.88 Å². The summed E-state index contributed by atoms with van der Waals surface area (Å²) in [4.78, 5) is 29.7. The third-order valence-corrected chi connectivity index (χ3v) is 2.88. The highest BCUT2D eigenvalue weighted by Gasteiger charge is 2.13. The van der Waals surface area contributed by atoms with Gasteiger partial charge in [-0.15, -0.1) is 0 Å². The van der Waals surface area contributed by atoms with Gasteiger partial charge >= 0.3 is 5.69 Å². The molecule has 2 heterocycles. The lowest BCUT2D eigenvalue weighted by Gasteiger charge is -2.10. The number of aromatic hydroxyl groups is 1. The Morgan fingerprint density at radius 3 is 2.74 bits per heavy atom. The van der Waals surface area contributed by atoms with Gasteiger partial charge < -0.3 is 5.11 Å². The molecule has 0 aromatic carbocycles. The summed E-state index contributed by atoms with van der Waals surface area (Å²) in [6, 6.07) is 5.43. The van der Waals surface area contributed by atoms with Gasteiger partial charge in [0.15, 0.2) is 0 Å². The summed E-state index contributed by atoms with van der Waals surface area (Å²) < 4.78 is 1.11. The molecule has 0 aliphatic rings. The molecule has 0 atom stereocenters. The third-order valence-electron chi connectivity index (χ3n) is 2.88. The van der Waals surface area contributed by atoms with Crippen LogP contribution >= 0.6 is 0 Å². The average molecular weight is 261 g/mol. The Balaban J connectivity index is 2.52. The van der Waals surface area contributed by atoms with Crippen LogP contribution < -0.4 is 11.2 Å². The van der Waals surface area contributed by atoms with Crippen molar-refractivity contribution in [2.75, 3.05) is 0 Å². The van der Waals surface area contributed by atoms with Gasteiger partial charge in [-0.2, -0.15) is 0 Å². The molecule has 6 heteroatoms. The lowest BCUT2D eigenvalue weighted by molar-refractivity contribution is 0.401. The molecular weight excluding hydrogens is 246 g/mol. The van der Waals surface area contributed by atoms with Gasteiger partial charge in [0.1, 0.15) is 0 Å². The highest BCUT2D eigenvalue weighted by Crippen LogP contribution is 2.12. The van der Waals surface area contributed by atoms with Crippen LogP contribution in [0.2, 0.25) is 0 Å². The molecule has 100 valence electrons. The van der Waals surface area contributed by atoms with Crippen molar-refractivity contribution in [3.63, 3.8) is 0 Å². The van der Waals surface area contributed by atoms with E-state index in [2.05, 4.69) is 9.97 Å². The Kier molecular flexibility index (Phi) is 3.50. The van der Waals surface area contributed by atoms with Gasteiger partial charge in [0.25, 0.3) is 5.56 Å². The van der Waals surface area contributed by atoms with Gasteiger partial charge in [0.2, 0.25) is 5.88 Å². The Morgan fingerprint density at radius 1 is 1.37 bits per heavy atom. The van der Waals surface area contributed by atoms with Crippen molar-refractivity contribution in [2.45, 2.75) is 26.8 Å². The number of nitrogens with one attached hydrogen (secondary N) is 1. The lowest BCUT2D eigenvalue weighted by atomic mass is 10.2. The molecule has 0 bridgehead atoms. The third kappa shape index (κ3) is 2.57. The van der Waals surface area contributed by atoms with E-state index >= 15 is 0 Å². The van der Waals surface area contributed by atoms with Crippen LogP contribution in [0.1, 0.15) is 23.9 Å². The second-order valence-electron chi connectivity index (χ2n) is 4.27. The minimum Gasteiger partial charge on any atom is -0.494 e. The number of H-pyrrole nitrogens is 1. The van der Waals surface area contributed by atoms with Crippen LogP contribution in [0, 0.1) is 6.92 Å². The summed E-state index contributed by atoms with van der Waals surface area (Å²) in [7, 11) is 0. The SMILES string of the molecule is CCc1c(O)n(Cc2cccc(C)n2)c(=O)[nH]c1=O. The van der Waals surface area contributed by atoms with Crippen molar-refractivity contribution in [2.24, 2.45) is 0 Å². The van der Waals surface area contributed by atoms with Crippen LogP contribution in [0.15, 0.2) is 27.8 Å². The van der Waals surface area contributed by atoms with E-state index in [0.717, 1.165) is 10.3 Å². The highest BCUT2D eigenvalue weighted by atomic mass is 16.3. The number of hydrogen-bond acceptors (Lipinski definition) is 4. The number of rotatable bonds is 3. The van der Waals surface area contributed by atoms with Crippen LogP contribution in [-0.4, -0.2) is 19.6 Å². The van der Waals surface area contributed by atoms with E-state index in [1.807, 2.05) is 19.1 Å². The molecule has 19 heavy (non-hydrogen) atoms. The van der Waals surface area contributed by atoms with Crippen LogP contribution in [0.5, 0.6) is 5.88 Å². The fraction of sp³-hybridized carbons (Fsp3) is 0.308. The first-order valence-corrected chi connectivity index (χ1v) is 6.00. The second kappa shape index (κ2) is 5.09. The number of nitrogens with zero attached hydrogens (tertiary/aromatic N) is 2. The first-order chi connectivity index (χ1) is 9.02. The summed E-state index contributed by atoms with van der Waals surface area (Å²) in [5, 5.41) is 10.00. The molecule has 0 radical (unpaired) electrons. The molecule has 0 spiro atoms. The van der Waals surface area contributed by atoms with Crippen molar-refractivity contribution in [3.05, 3.63) is 56.0 Å². The average Bonchev–Trinajstić information content (AvgIpc) is 2.35. The summed E-state index contributed by atoms with van der Waals surface area (Å²) in [5.74, 6) is -0.292. The maximum atomic E-state index is 11.7. The molecule has 0 amide bonds. The maximum absolute atomic E-state index is 11.7. The summed E-state index contributed by atoms with van der Waals surface area (Å²) in [6.45, 7) is 3.70. The number of hydrogen-bond donors (Lipinski definition) is 2. The molecule has 0 saturated carbocycles. The number of aromatic amines is 1. The number of aromatic nitrogens is 3. The van der Waals surface area contributed by atoms with Crippen LogP contribution in [0.25, 0.3) is 0 Å². The molecule has 2 aromatic heterocycles. The topological polar surface area (TPSA) is 88.0 Å². The maximum Gasteiger partial charge on any atom is 0.331 e. The number of aryl methyl sites for hydroxylation is 1. The van der Waals surface area contributed by atoms with E-state index in [-0.39, 0.29) is 18.0 Å². The van der Waals surface area contributed by atoms with Crippen LogP contribution in [0.4, 0.5) is 0 Å². The van der Waals surface area contributed by atoms with E-state index in [0.29, 0.717) is 12.1 Å². The Hall–Kier alpha value is -2.37. The predicted molar refractivity (Wildman–Crippen MR) is 70.4 cm³/mol. The monoisotopic (exact) mass is 261 g/mol. The molecule has 0 saturated heterocycles. The van der Waals surface area contributed by atoms with Gasteiger partial charge in [-0.1, -0.05) is 13.0 Å². The molecule has 0 fully saturated rings. The van der Waals surface area contributed by atoms with Crippen molar-refractivity contribution in [1.82, 2.24) is 14.5 Å². The first-order valence-electron chi connectivity index (χ1n) is 6.00. The summed E-state index contributed by atoms with van der Waals surface area (Å²) in [5.41, 5.74) is 0.491. The molecule has 2 rings (SSSR count). The van der Waals surface area contributed by atoms with E-state index in [4.69, 9.17) is 0 Å². The van der Waals surface area contributed by atoms with Crippen molar-refractivity contribution in [1.29, 1.82) is 0 Å². The first kappa shape index (κ1) is 13.1. The lowest BCUT2D eigenvalue weighted by Crippen LogP contribution is -2.32. The van der Waals surface area contributed by atoms with Crippen molar-refractivity contribution < 1.29 is 5.11 Å². The van der Waals surface area contributed by atoms with Gasteiger partial charge in [-0.05, 0) is 25.5 Å². The summed E-state index contributed by atoms with van der Waals surface area (Å²) in [6.07, 6.45) is 0.350. The van der Waals surface area contributed by atoms with Gasteiger partial charge in [-0.3, -0.25) is 19.3 Å². The zero-order valence-corrected chi connectivity index (χ0v) is 10.8. The standard InChI is InChI=1S/C13H15N3O3/c1-3-10-11(17)15-13(19)16(12(10)18)7-9-6-4-5-8(2)14-9/h4-6,18H,3,7H2,1-2H3,(H,15,17,19). The van der Waals surface area contributed by atoms with E-state index in [1.165, 1.54) is 0 Å². The minimum absolute atomic E-state index is 0.121.